The Morgan fingerprint density at radius 3 is 2.65 bits per heavy atom. The summed E-state index contributed by atoms with van der Waals surface area (Å²) in [6.45, 7) is 4.12. The lowest BCUT2D eigenvalue weighted by Crippen LogP contribution is -2.45. The first-order valence-electron chi connectivity index (χ1n) is 7.10. The monoisotopic (exact) mass is 278 g/mol. The zero-order valence-electron chi connectivity index (χ0n) is 12.1. The predicted molar refractivity (Wildman–Crippen MR) is 78.9 cm³/mol. The Kier molecular flexibility index (Phi) is 4.28. The van der Waals surface area contributed by atoms with E-state index in [4.69, 9.17) is 0 Å². The molecule has 0 amide bonds. The van der Waals surface area contributed by atoms with Crippen molar-refractivity contribution in [3.8, 4) is 0 Å². The topological polar surface area (TPSA) is 75.4 Å². The molecule has 20 heavy (non-hydrogen) atoms. The third-order valence-electron chi connectivity index (χ3n) is 4.28. The van der Waals surface area contributed by atoms with Crippen molar-refractivity contribution in [2.24, 2.45) is 5.92 Å². The van der Waals surface area contributed by atoms with Crippen molar-refractivity contribution < 1.29 is 10.0 Å². The van der Waals surface area contributed by atoms with E-state index in [1.807, 2.05) is 6.92 Å². The van der Waals surface area contributed by atoms with Gasteiger partial charge < -0.3 is 10.4 Å². The van der Waals surface area contributed by atoms with Gasteiger partial charge in [-0.05, 0) is 50.2 Å². The Hall–Kier alpha value is -1.62. The van der Waals surface area contributed by atoms with Crippen molar-refractivity contribution >= 4 is 11.4 Å². The van der Waals surface area contributed by atoms with Gasteiger partial charge in [0.05, 0.1) is 17.1 Å². The molecule has 0 radical (unpaired) electrons. The smallest absolute Gasteiger partial charge is 0.292 e. The van der Waals surface area contributed by atoms with Gasteiger partial charge in [-0.15, -0.1) is 0 Å². The first-order chi connectivity index (χ1) is 9.46. The normalized spacial score (nSPS) is 26.2. The van der Waals surface area contributed by atoms with Crippen molar-refractivity contribution in [1.29, 1.82) is 0 Å². The minimum absolute atomic E-state index is 0.00478. The highest BCUT2D eigenvalue weighted by atomic mass is 16.6. The highest BCUT2D eigenvalue weighted by Crippen LogP contribution is 2.37. The van der Waals surface area contributed by atoms with Gasteiger partial charge in [0.25, 0.3) is 5.69 Å². The maximum Gasteiger partial charge on any atom is 0.292 e. The van der Waals surface area contributed by atoms with Crippen LogP contribution in [0.1, 0.15) is 38.2 Å². The summed E-state index contributed by atoms with van der Waals surface area (Å²) in [5, 5.41) is 24.1. The van der Waals surface area contributed by atoms with E-state index < -0.39 is 5.54 Å². The SMILES string of the molecule is Cc1ccc([N+](=O)[O-])c(NC2(CO)CCC(C)CC2)c1. The second-order valence-corrected chi connectivity index (χ2v) is 6.02. The Balaban J connectivity index is 2.27. The van der Waals surface area contributed by atoms with E-state index in [1.165, 1.54) is 6.07 Å². The van der Waals surface area contributed by atoms with E-state index in [1.54, 1.807) is 12.1 Å². The number of nitro benzene ring substituents is 1. The second kappa shape index (κ2) is 5.79. The molecule has 0 atom stereocenters. The molecular weight excluding hydrogens is 256 g/mol. The van der Waals surface area contributed by atoms with Crippen LogP contribution >= 0.6 is 0 Å². The Morgan fingerprint density at radius 2 is 2.10 bits per heavy atom. The number of aliphatic hydroxyl groups excluding tert-OH is 1. The Morgan fingerprint density at radius 1 is 1.45 bits per heavy atom. The average molecular weight is 278 g/mol. The molecule has 110 valence electrons. The molecule has 5 heteroatoms. The van der Waals surface area contributed by atoms with Gasteiger partial charge in [0.1, 0.15) is 5.69 Å². The molecule has 2 N–H and O–H groups in total. The average Bonchev–Trinajstić information content (AvgIpc) is 2.41. The number of hydrogen-bond acceptors (Lipinski definition) is 4. The Labute approximate surface area is 119 Å². The van der Waals surface area contributed by atoms with Gasteiger partial charge in [0.15, 0.2) is 0 Å². The molecule has 0 unspecified atom stereocenters. The molecule has 0 aliphatic heterocycles. The number of anilines is 1. The molecule has 2 rings (SSSR count). The number of hydrogen-bond donors (Lipinski definition) is 2. The molecule has 1 aromatic rings. The molecule has 0 bridgehead atoms. The molecule has 1 aliphatic carbocycles. The fourth-order valence-electron chi connectivity index (χ4n) is 2.83. The minimum Gasteiger partial charge on any atom is -0.394 e. The summed E-state index contributed by atoms with van der Waals surface area (Å²) in [4.78, 5) is 10.7. The number of aliphatic hydroxyl groups is 1. The maximum absolute atomic E-state index is 11.1. The third-order valence-corrected chi connectivity index (χ3v) is 4.28. The summed E-state index contributed by atoms with van der Waals surface area (Å²) < 4.78 is 0. The first kappa shape index (κ1) is 14.8. The van der Waals surface area contributed by atoms with E-state index in [9.17, 15) is 15.2 Å². The van der Waals surface area contributed by atoms with Crippen LogP contribution < -0.4 is 5.32 Å². The third kappa shape index (κ3) is 3.10. The van der Waals surface area contributed by atoms with Gasteiger partial charge in [-0.2, -0.15) is 0 Å². The highest BCUT2D eigenvalue weighted by Gasteiger charge is 2.35. The fraction of sp³-hybridized carbons (Fsp3) is 0.600. The molecule has 0 spiro atoms. The van der Waals surface area contributed by atoms with Crippen molar-refractivity contribution in [3.05, 3.63) is 33.9 Å². The van der Waals surface area contributed by atoms with Gasteiger partial charge in [-0.3, -0.25) is 10.1 Å². The van der Waals surface area contributed by atoms with Gasteiger partial charge >= 0.3 is 0 Å². The summed E-state index contributed by atoms with van der Waals surface area (Å²) in [6.07, 6.45) is 3.76. The fourth-order valence-corrected chi connectivity index (χ4v) is 2.83. The van der Waals surface area contributed by atoms with Crippen LogP contribution in [0.4, 0.5) is 11.4 Å². The van der Waals surface area contributed by atoms with Crippen LogP contribution in [-0.4, -0.2) is 22.2 Å². The standard InChI is InChI=1S/C15H22N2O3/c1-11-5-7-15(10-18,8-6-11)16-13-9-12(2)3-4-14(13)17(19)20/h3-4,9,11,16,18H,5-8,10H2,1-2H3. The second-order valence-electron chi connectivity index (χ2n) is 6.02. The van der Waals surface area contributed by atoms with Crippen molar-refractivity contribution in [1.82, 2.24) is 0 Å². The van der Waals surface area contributed by atoms with E-state index in [2.05, 4.69) is 12.2 Å². The lowest BCUT2D eigenvalue weighted by atomic mass is 9.77. The van der Waals surface area contributed by atoms with Gasteiger partial charge in [0.2, 0.25) is 0 Å². The van der Waals surface area contributed by atoms with Crippen LogP contribution in [0.25, 0.3) is 0 Å². The zero-order chi connectivity index (χ0) is 14.8. The Bertz CT molecular complexity index is 494. The maximum atomic E-state index is 11.1. The van der Waals surface area contributed by atoms with E-state index >= 15 is 0 Å². The number of rotatable bonds is 4. The van der Waals surface area contributed by atoms with Crippen molar-refractivity contribution in [3.63, 3.8) is 0 Å². The predicted octanol–water partition coefficient (Wildman–Crippen LogP) is 3.26. The number of benzene rings is 1. The first-order valence-corrected chi connectivity index (χ1v) is 7.10. The summed E-state index contributed by atoms with van der Waals surface area (Å²) in [6, 6.07) is 5.04. The largest absolute Gasteiger partial charge is 0.394 e. The molecule has 0 heterocycles. The van der Waals surface area contributed by atoms with Crippen LogP contribution in [0.15, 0.2) is 18.2 Å². The molecule has 1 saturated carbocycles. The summed E-state index contributed by atoms with van der Waals surface area (Å²) in [5.74, 6) is 0.656. The van der Waals surface area contributed by atoms with E-state index in [0.717, 1.165) is 31.2 Å². The van der Waals surface area contributed by atoms with Crippen LogP contribution in [0.3, 0.4) is 0 Å². The number of nitrogens with zero attached hydrogens (tertiary/aromatic N) is 1. The number of nitrogens with one attached hydrogen (secondary N) is 1. The number of aryl methyl sites for hydroxylation is 1. The van der Waals surface area contributed by atoms with Crippen molar-refractivity contribution in [2.75, 3.05) is 11.9 Å². The van der Waals surface area contributed by atoms with E-state index in [-0.39, 0.29) is 17.2 Å². The molecule has 1 fully saturated rings. The molecular formula is C15H22N2O3. The highest BCUT2D eigenvalue weighted by molar-refractivity contribution is 5.64. The molecule has 5 nitrogen and oxygen atoms in total. The summed E-state index contributed by atoms with van der Waals surface area (Å²) in [5.41, 5.74) is 1.13. The van der Waals surface area contributed by atoms with Gasteiger partial charge in [-0.1, -0.05) is 13.0 Å². The van der Waals surface area contributed by atoms with E-state index in [0.29, 0.717) is 11.6 Å². The van der Waals surface area contributed by atoms with Crippen LogP contribution in [0, 0.1) is 23.0 Å². The summed E-state index contributed by atoms with van der Waals surface area (Å²) in [7, 11) is 0. The van der Waals surface area contributed by atoms with Gasteiger partial charge in [-0.25, -0.2) is 0 Å². The minimum atomic E-state index is -0.426. The molecule has 0 aromatic heterocycles. The lowest BCUT2D eigenvalue weighted by Gasteiger charge is -2.39. The van der Waals surface area contributed by atoms with Crippen LogP contribution in [-0.2, 0) is 0 Å². The van der Waals surface area contributed by atoms with Crippen LogP contribution in [0.5, 0.6) is 0 Å². The quantitative estimate of drug-likeness (QED) is 0.654. The van der Waals surface area contributed by atoms with Gasteiger partial charge in [0, 0.05) is 6.07 Å². The molecule has 1 aromatic carbocycles. The van der Waals surface area contributed by atoms with Crippen LogP contribution in [0.2, 0.25) is 0 Å². The summed E-state index contributed by atoms with van der Waals surface area (Å²) >= 11 is 0. The molecule has 0 saturated heterocycles. The molecule has 1 aliphatic rings. The van der Waals surface area contributed by atoms with Crippen molar-refractivity contribution in [2.45, 2.75) is 45.1 Å². The lowest BCUT2D eigenvalue weighted by molar-refractivity contribution is -0.384. The zero-order valence-corrected chi connectivity index (χ0v) is 12.1. The number of nitro groups is 1.